The Hall–Kier alpha value is -3.48. The number of likely N-dealkylation sites (N-methyl/N-ethyl adjacent to an activating group) is 1. The van der Waals surface area contributed by atoms with Crippen molar-refractivity contribution < 1.29 is 0 Å². The van der Waals surface area contributed by atoms with Crippen LogP contribution in [0, 0.1) is 17.2 Å². The number of likely N-dealkylation sites (tertiary alicyclic amines) is 1. The number of hydrogen-bond donors (Lipinski definition) is 2. The van der Waals surface area contributed by atoms with Crippen LogP contribution < -0.4 is 15.5 Å². The van der Waals surface area contributed by atoms with E-state index in [0.717, 1.165) is 100.0 Å². The fraction of sp³-hybridized carbons (Fsp3) is 0.517. The second-order valence-electron chi connectivity index (χ2n) is 10.4. The van der Waals surface area contributed by atoms with Gasteiger partial charge < -0.3 is 25.3 Å². The number of hydrogen-bond acceptors (Lipinski definition) is 9. The lowest BCUT2D eigenvalue weighted by molar-refractivity contribution is 0.174. The van der Waals surface area contributed by atoms with Crippen LogP contribution in [-0.2, 0) is 0 Å². The van der Waals surface area contributed by atoms with Crippen molar-refractivity contribution in [1.29, 1.82) is 5.26 Å². The van der Waals surface area contributed by atoms with E-state index in [1.807, 2.05) is 24.3 Å². The predicted molar refractivity (Wildman–Crippen MR) is 154 cm³/mol. The molecule has 2 aliphatic rings. The monoisotopic (exact) mass is 513 g/mol. The van der Waals surface area contributed by atoms with E-state index in [4.69, 9.17) is 10.2 Å². The average Bonchev–Trinajstić information content (AvgIpc) is 2.94. The molecule has 3 aromatic rings. The molecular weight excluding hydrogens is 474 g/mol. The Balaban J connectivity index is 1.09. The fourth-order valence-corrected chi connectivity index (χ4v) is 5.49. The van der Waals surface area contributed by atoms with Gasteiger partial charge in [-0.15, -0.1) is 0 Å². The van der Waals surface area contributed by atoms with Crippen molar-refractivity contribution in [3.63, 3.8) is 0 Å². The highest BCUT2D eigenvalue weighted by molar-refractivity contribution is 5.86. The van der Waals surface area contributed by atoms with Crippen molar-refractivity contribution in [2.75, 3.05) is 74.4 Å². The summed E-state index contributed by atoms with van der Waals surface area (Å²) in [6.45, 7) is 13.9. The van der Waals surface area contributed by atoms with E-state index in [1.165, 1.54) is 5.69 Å². The predicted octanol–water partition coefficient (Wildman–Crippen LogP) is 3.66. The molecule has 0 atom stereocenters. The van der Waals surface area contributed by atoms with Gasteiger partial charge in [0.05, 0.1) is 17.1 Å². The third-order valence-electron chi connectivity index (χ3n) is 7.87. The third-order valence-corrected chi connectivity index (χ3v) is 7.87. The Labute approximate surface area is 225 Å². The third kappa shape index (κ3) is 6.32. The summed E-state index contributed by atoms with van der Waals surface area (Å²) in [4.78, 5) is 21.2. The van der Waals surface area contributed by atoms with Gasteiger partial charge in [0.25, 0.3) is 0 Å². The van der Waals surface area contributed by atoms with Gasteiger partial charge >= 0.3 is 0 Å². The molecule has 9 nitrogen and oxygen atoms in total. The lowest BCUT2D eigenvalue weighted by atomic mass is 9.96. The van der Waals surface area contributed by atoms with Crippen LogP contribution in [0.25, 0.3) is 11.0 Å². The highest BCUT2D eigenvalue weighted by atomic mass is 15.2. The van der Waals surface area contributed by atoms with E-state index < -0.39 is 0 Å². The summed E-state index contributed by atoms with van der Waals surface area (Å²) in [7, 11) is 0. The van der Waals surface area contributed by atoms with Gasteiger partial charge in [-0.25, -0.2) is 15.0 Å². The van der Waals surface area contributed by atoms with E-state index in [2.05, 4.69) is 67.4 Å². The van der Waals surface area contributed by atoms with E-state index in [1.54, 1.807) is 6.33 Å². The molecular formula is C29H39N9. The van der Waals surface area contributed by atoms with Gasteiger partial charge in [-0.1, -0.05) is 13.8 Å². The molecule has 0 amide bonds. The Morgan fingerprint density at radius 1 is 1.03 bits per heavy atom. The fourth-order valence-electron chi connectivity index (χ4n) is 5.49. The first-order valence-electron chi connectivity index (χ1n) is 14.0. The molecule has 4 heterocycles. The highest BCUT2D eigenvalue weighted by Gasteiger charge is 2.30. The van der Waals surface area contributed by atoms with Gasteiger partial charge in [-0.05, 0) is 62.3 Å². The van der Waals surface area contributed by atoms with Crippen LogP contribution in [0.2, 0.25) is 0 Å². The molecule has 0 aliphatic carbocycles. The number of anilines is 3. The minimum absolute atomic E-state index is 0.391. The maximum Gasteiger partial charge on any atom is 0.156 e. The minimum Gasteiger partial charge on any atom is -0.371 e. The van der Waals surface area contributed by atoms with Gasteiger partial charge in [0.15, 0.2) is 5.82 Å². The number of nitrogens with zero attached hydrogens (tertiary/aromatic N) is 7. The van der Waals surface area contributed by atoms with Crippen LogP contribution in [-0.4, -0.2) is 89.7 Å². The molecule has 0 saturated carbocycles. The van der Waals surface area contributed by atoms with Crippen LogP contribution >= 0.6 is 0 Å². The standard InChI is InChI=1S/C29H39N9/c1-3-36(4-2)16-13-31-27-10-9-26-28(35-27)29(33-21-32-26)34-24-11-14-37(15-12-24)18-23-19-38(20-23)25-7-5-22(17-30)6-8-25/h5-10,21,23-24H,3-4,11-16,18-20H2,1-2H3,(H,31,35)(H,32,33,34). The quantitative estimate of drug-likeness (QED) is 0.398. The number of aromatic nitrogens is 3. The van der Waals surface area contributed by atoms with Crippen molar-refractivity contribution >= 4 is 28.4 Å². The first kappa shape index (κ1) is 26.1. The van der Waals surface area contributed by atoms with Crippen molar-refractivity contribution in [3.05, 3.63) is 48.3 Å². The smallest absolute Gasteiger partial charge is 0.156 e. The van der Waals surface area contributed by atoms with E-state index in [9.17, 15) is 0 Å². The number of pyridine rings is 1. The second kappa shape index (κ2) is 12.4. The van der Waals surface area contributed by atoms with Gasteiger partial charge in [0, 0.05) is 63.5 Å². The zero-order chi connectivity index (χ0) is 26.3. The van der Waals surface area contributed by atoms with Gasteiger partial charge in [0.2, 0.25) is 0 Å². The Kier molecular flexibility index (Phi) is 8.51. The number of piperidine rings is 1. The van der Waals surface area contributed by atoms with Crippen molar-refractivity contribution in [3.8, 4) is 6.07 Å². The molecule has 2 aromatic heterocycles. The molecule has 2 N–H and O–H groups in total. The van der Waals surface area contributed by atoms with Crippen LogP contribution in [0.1, 0.15) is 32.3 Å². The van der Waals surface area contributed by atoms with Crippen molar-refractivity contribution in [2.24, 2.45) is 5.92 Å². The molecule has 2 aliphatic heterocycles. The summed E-state index contributed by atoms with van der Waals surface area (Å²) in [5.74, 6) is 2.41. The second-order valence-corrected chi connectivity index (χ2v) is 10.4. The van der Waals surface area contributed by atoms with Gasteiger partial charge in [-0.2, -0.15) is 5.26 Å². The summed E-state index contributed by atoms with van der Waals surface area (Å²) in [5.41, 5.74) is 3.64. The lowest BCUT2D eigenvalue weighted by Crippen LogP contribution is -2.53. The van der Waals surface area contributed by atoms with Gasteiger partial charge in [-0.3, -0.25) is 0 Å². The molecule has 2 fully saturated rings. The number of rotatable bonds is 11. The molecule has 38 heavy (non-hydrogen) atoms. The maximum atomic E-state index is 8.99. The number of nitrogens with one attached hydrogen (secondary N) is 2. The zero-order valence-electron chi connectivity index (χ0n) is 22.6. The number of fused-ring (bicyclic) bond motifs is 1. The molecule has 0 bridgehead atoms. The van der Waals surface area contributed by atoms with Crippen LogP contribution in [0.3, 0.4) is 0 Å². The molecule has 200 valence electrons. The van der Waals surface area contributed by atoms with Gasteiger partial charge in [0.1, 0.15) is 17.7 Å². The summed E-state index contributed by atoms with van der Waals surface area (Å²) in [5, 5.41) is 16.1. The Bertz CT molecular complexity index is 1220. The van der Waals surface area contributed by atoms with Crippen molar-refractivity contribution in [2.45, 2.75) is 32.7 Å². The van der Waals surface area contributed by atoms with Crippen LogP contribution in [0.15, 0.2) is 42.7 Å². The first-order valence-corrected chi connectivity index (χ1v) is 14.0. The van der Waals surface area contributed by atoms with Crippen LogP contribution in [0.5, 0.6) is 0 Å². The molecule has 1 aromatic carbocycles. The van der Waals surface area contributed by atoms with E-state index in [-0.39, 0.29) is 0 Å². The Morgan fingerprint density at radius 2 is 1.79 bits per heavy atom. The number of nitriles is 1. The highest BCUT2D eigenvalue weighted by Crippen LogP contribution is 2.27. The molecule has 2 saturated heterocycles. The summed E-state index contributed by atoms with van der Waals surface area (Å²) >= 11 is 0. The number of benzene rings is 1. The summed E-state index contributed by atoms with van der Waals surface area (Å²) < 4.78 is 0. The Morgan fingerprint density at radius 3 is 2.50 bits per heavy atom. The van der Waals surface area contributed by atoms with E-state index in [0.29, 0.717) is 12.0 Å². The first-order chi connectivity index (χ1) is 18.6. The topological polar surface area (TPSA) is 96.2 Å². The van der Waals surface area contributed by atoms with E-state index >= 15 is 0 Å². The van der Waals surface area contributed by atoms with Crippen LogP contribution in [0.4, 0.5) is 17.3 Å². The molecule has 0 spiro atoms. The molecule has 0 unspecified atom stereocenters. The normalized spacial score (nSPS) is 16.9. The zero-order valence-corrected chi connectivity index (χ0v) is 22.6. The largest absolute Gasteiger partial charge is 0.371 e. The SMILES string of the molecule is CCN(CC)CCNc1ccc2ncnc(NC3CCN(CC4CN(c5ccc(C#N)cc5)C4)CC3)c2n1. The maximum absolute atomic E-state index is 8.99. The molecule has 0 radical (unpaired) electrons. The summed E-state index contributed by atoms with van der Waals surface area (Å²) in [6, 6.07) is 14.5. The minimum atomic E-state index is 0.391. The lowest BCUT2D eigenvalue weighted by Gasteiger charge is -2.44. The summed E-state index contributed by atoms with van der Waals surface area (Å²) in [6.07, 6.45) is 3.82. The average molecular weight is 514 g/mol. The molecule has 5 rings (SSSR count). The molecule has 9 heteroatoms. The van der Waals surface area contributed by atoms with Crippen molar-refractivity contribution in [1.82, 2.24) is 24.8 Å².